The monoisotopic (exact) mass is 431 g/mol. The van der Waals surface area contributed by atoms with Gasteiger partial charge in [-0.3, -0.25) is 30.4 Å². The molecule has 0 bridgehead atoms. The summed E-state index contributed by atoms with van der Waals surface area (Å²) in [6, 6.07) is 13.7. The highest BCUT2D eigenvalue weighted by Crippen LogP contribution is 2.28. The number of anilines is 2. The molecular formula is C17H13N5O7S. The van der Waals surface area contributed by atoms with Crippen LogP contribution in [0.5, 0.6) is 0 Å². The van der Waals surface area contributed by atoms with Gasteiger partial charge in [-0.25, -0.2) is 8.42 Å². The summed E-state index contributed by atoms with van der Waals surface area (Å²) in [5.74, 6) is -0.439. The lowest BCUT2D eigenvalue weighted by atomic mass is 10.3. The zero-order valence-corrected chi connectivity index (χ0v) is 15.8. The highest BCUT2D eigenvalue weighted by atomic mass is 32.2. The van der Waals surface area contributed by atoms with E-state index in [2.05, 4.69) is 15.2 Å². The molecule has 3 aromatic rings. The molecule has 0 radical (unpaired) electrons. The van der Waals surface area contributed by atoms with Gasteiger partial charge >= 0.3 is 5.88 Å². The Hall–Kier alpha value is -4.26. The van der Waals surface area contributed by atoms with E-state index in [4.69, 9.17) is 4.42 Å². The predicted octanol–water partition coefficient (Wildman–Crippen LogP) is 3.34. The molecular weight excluding hydrogens is 418 g/mol. The standard InChI is InChI=1S/C17H13N5O7S/c23-21(24)16-10-14(30(27,28)20-12-4-2-1-3-5-12)7-8-15(16)19-18-11-13-6-9-17(29-13)22(25)26/h1-11,19-20H/b18-11-. The fourth-order valence-electron chi connectivity index (χ4n) is 2.32. The van der Waals surface area contributed by atoms with Gasteiger partial charge in [0, 0.05) is 11.8 Å². The van der Waals surface area contributed by atoms with E-state index in [1.165, 1.54) is 30.3 Å². The molecule has 0 saturated heterocycles. The van der Waals surface area contributed by atoms with E-state index in [1.807, 2.05) is 0 Å². The second-order valence-electron chi connectivity index (χ2n) is 5.71. The van der Waals surface area contributed by atoms with Crippen molar-refractivity contribution < 1.29 is 22.7 Å². The van der Waals surface area contributed by atoms with Gasteiger partial charge in [-0.1, -0.05) is 18.2 Å². The summed E-state index contributed by atoms with van der Waals surface area (Å²) in [5.41, 5.74) is 2.08. The fourth-order valence-corrected chi connectivity index (χ4v) is 3.40. The van der Waals surface area contributed by atoms with Crippen LogP contribution < -0.4 is 10.1 Å². The highest BCUT2D eigenvalue weighted by Gasteiger charge is 2.21. The van der Waals surface area contributed by atoms with Gasteiger partial charge in [0.25, 0.3) is 15.7 Å². The van der Waals surface area contributed by atoms with Gasteiger partial charge in [-0.15, -0.1) is 0 Å². The number of sulfonamides is 1. The van der Waals surface area contributed by atoms with E-state index in [0.29, 0.717) is 5.69 Å². The third-order valence-corrected chi connectivity index (χ3v) is 5.05. The number of nitro groups is 2. The topological polar surface area (TPSA) is 170 Å². The molecule has 30 heavy (non-hydrogen) atoms. The lowest BCUT2D eigenvalue weighted by Crippen LogP contribution is -2.13. The van der Waals surface area contributed by atoms with Crippen LogP contribution >= 0.6 is 0 Å². The molecule has 0 saturated carbocycles. The number of benzene rings is 2. The Morgan fingerprint density at radius 2 is 1.70 bits per heavy atom. The van der Waals surface area contributed by atoms with Gasteiger partial charge in [0.1, 0.15) is 10.6 Å². The largest absolute Gasteiger partial charge is 0.433 e. The number of hydrogen-bond donors (Lipinski definition) is 2. The Morgan fingerprint density at radius 1 is 0.967 bits per heavy atom. The minimum atomic E-state index is -4.05. The number of hydrogen-bond acceptors (Lipinski definition) is 9. The first-order valence-corrected chi connectivity index (χ1v) is 9.64. The molecule has 0 atom stereocenters. The van der Waals surface area contributed by atoms with Crippen molar-refractivity contribution in [3.8, 4) is 0 Å². The predicted molar refractivity (Wildman–Crippen MR) is 107 cm³/mol. The summed E-state index contributed by atoms with van der Waals surface area (Å²) < 4.78 is 32.2. The maximum Gasteiger partial charge on any atom is 0.433 e. The van der Waals surface area contributed by atoms with Gasteiger partial charge in [0.2, 0.25) is 0 Å². The number of furan rings is 1. The van der Waals surface area contributed by atoms with Crippen molar-refractivity contribution in [2.45, 2.75) is 4.90 Å². The maximum absolute atomic E-state index is 12.5. The lowest BCUT2D eigenvalue weighted by Gasteiger charge is -2.09. The normalized spacial score (nSPS) is 11.3. The van der Waals surface area contributed by atoms with E-state index < -0.39 is 31.4 Å². The van der Waals surface area contributed by atoms with Crippen molar-refractivity contribution in [3.63, 3.8) is 0 Å². The van der Waals surface area contributed by atoms with E-state index in [0.717, 1.165) is 18.3 Å². The van der Waals surface area contributed by atoms with Crippen LogP contribution in [0.1, 0.15) is 5.76 Å². The third-order valence-electron chi connectivity index (χ3n) is 3.67. The van der Waals surface area contributed by atoms with Gasteiger partial charge < -0.3 is 4.42 Å². The minimum absolute atomic E-state index is 0.0445. The Labute approximate surface area is 169 Å². The van der Waals surface area contributed by atoms with Crippen molar-refractivity contribution in [3.05, 3.63) is 86.7 Å². The van der Waals surface area contributed by atoms with Crippen molar-refractivity contribution in [1.82, 2.24) is 0 Å². The number of nitrogens with zero attached hydrogens (tertiary/aromatic N) is 3. The first-order valence-electron chi connectivity index (χ1n) is 8.16. The second kappa shape index (κ2) is 8.40. The Bertz CT molecular complexity index is 1220. The Morgan fingerprint density at radius 3 is 2.33 bits per heavy atom. The summed E-state index contributed by atoms with van der Waals surface area (Å²) in [4.78, 5) is 20.2. The highest BCUT2D eigenvalue weighted by molar-refractivity contribution is 7.92. The number of nitro benzene ring substituents is 1. The summed E-state index contributed by atoms with van der Waals surface area (Å²) in [6.45, 7) is 0. The van der Waals surface area contributed by atoms with Crippen LogP contribution in [-0.4, -0.2) is 24.5 Å². The van der Waals surface area contributed by atoms with Gasteiger partial charge in [0.15, 0.2) is 5.76 Å². The van der Waals surface area contributed by atoms with Crippen molar-refractivity contribution >= 4 is 39.2 Å². The van der Waals surface area contributed by atoms with E-state index in [9.17, 15) is 28.6 Å². The summed E-state index contributed by atoms with van der Waals surface area (Å²) >= 11 is 0. The van der Waals surface area contributed by atoms with Crippen LogP contribution in [0.25, 0.3) is 0 Å². The Kier molecular flexibility index (Phi) is 5.73. The van der Waals surface area contributed by atoms with Crippen molar-refractivity contribution in [2.75, 3.05) is 10.1 Å². The average molecular weight is 431 g/mol. The smallest absolute Gasteiger partial charge is 0.400 e. The first kappa shape index (κ1) is 20.5. The fraction of sp³-hybridized carbons (Fsp3) is 0. The summed E-state index contributed by atoms with van der Waals surface area (Å²) in [6.07, 6.45) is 1.08. The minimum Gasteiger partial charge on any atom is -0.400 e. The molecule has 0 aliphatic heterocycles. The molecule has 12 nitrogen and oxygen atoms in total. The number of nitrogens with one attached hydrogen (secondary N) is 2. The summed E-state index contributed by atoms with van der Waals surface area (Å²) in [7, 11) is -4.05. The molecule has 0 unspecified atom stereocenters. The van der Waals surface area contributed by atoms with Gasteiger partial charge in [0.05, 0.1) is 22.1 Å². The van der Waals surface area contributed by atoms with Crippen molar-refractivity contribution in [2.24, 2.45) is 5.10 Å². The van der Waals surface area contributed by atoms with E-state index in [-0.39, 0.29) is 16.3 Å². The molecule has 3 rings (SSSR count). The number of rotatable bonds is 8. The lowest BCUT2D eigenvalue weighted by molar-refractivity contribution is -0.402. The first-order chi connectivity index (χ1) is 14.3. The van der Waals surface area contributed by atoms with Crippen LogP contribution in [-0.2, 0) is 10.0 Å². The molecule has 1 aromatic heterocycles. The zero-order valence-electron chi connectivity index (χ0n) is 15.0. The van der Waals surface area contributed by atoms with Gasteiger partial charge in [-0.05, 0) is 30.3 Å². The Balaban J connectivity index is 1.82. The SMILES string of the molecule is O=[N+]([O-])c1ccc(/C=N\Nc2ccc(S(=O)(=O)Nc3ccccc3)cc2[N+](=O)[O-])o1. The number of hydrazone groups is 1. The molecule has 0 aliphatic rings. The van der Waals surface area contributed by atoms with Crippen LogP contribution in [0.2, 0.25) is 0 Å². The second-order valence-corrected chi connectivity index (χ2v) is 7.39. The number of para-hydroxylation sites is 1. The van der Waals surface area contributed by atoms with E-state index >= 15 is 0 Å². The van der Waals surface area contributed by atoms with Crippen molar-refractivity contribution in [1.29, 1.82) is 0 Å². The maximum atomic E-state index is 12.5. The van der Waals surface area contributed by atoms with Crippen LogP contribution in [0, 0.1) is 20.2 Å². The zero-order chi connectivity index (χ0) is 21.7. The molecule has 13 heteroatoms. The molecule has 0 amide bonds. The summed E-state index contributed by atoms with van der Waals surface area (Å²) in [5, 5.41) is 25.7. The van der Waals surface area contributed by atoms with Gasteiger partial charge in [-0.2, -0.15) is 5.10 Å². The average Bonchev–Trinajstić information content (AvgIpc) is 3.17. The molecule has 0 fully saturated rings. The molecule has 0 aliphatic carbocycles. The molecule has 2 N–H and O–H groups in total. The third kappa shape index (κ3) is 4.77. The van der Waals surface area contributed by atoms with Crippen LogP contribution in [0.15, 0.2) is 75.1 Å². The molecule has 0 spiro atoms. The molecule has 2 aromatic carbocycles. The quantitative estimate of drug-likeness (QED) is 0.311. The molecule has 1 heterocycles. The molecule has 154 valence electrons. The van der Waals surface area contributed by atoms with E-state index in [1.54, 1.807) is 18.2 Å². The van der Waals surface area contributed by atoms with Crippen LogP contribution in [0.3, 0.4) is 0 Å². The van der Waals surface area contributed by atoms with Crippen LogP contribution in [0.4, 0.5) is 22.9 Å².